The molecule has 2 N–H and O–H groups in total. The SMILES string of the molecule is O=C1Nc2ccccc2/C1=C\c1cc(Br)ccc1O. The maximum atomic E-state index is 12.0. The van der Waals surface area contributed by atoms with Gasteiger partial charge in [-0.1, -0.05) is 34.1 Å². The van der Waals surface area contributed by atoms with E-state index in [2.05, 4.69) is 21.2 Å². The molecule has 94 valence electrons. The second-order valence-corrected chi connectivity index (χ2v) is 5.18. The second-order valence-electron chi connectivity index (χ2n) is 4.26. The Morgan fingerprint density at radius 2 is 1.95 bits per heavy atom. The first-order valence-corrected chi connectivity index (χ1v) is 6.55. The third-order valence-electron chi connectivity index (χ3n) is 3.00. The van der Waals surface area contributed by atoms with Crippen LogP contribution < -0.4 is 5.32 Å². The van der Waals surface area contributed by atoms with Gasteiger partial charge in [0.15, 0.2) is 0 Å². The summed E-state index contributed by atoms with van der Waals surface area (Å²) in [5.41, 5.74) is 2.82. The Labute approximate surface area is 118 Å². The topological polar surface area (TPSA) is 49.3 Å². The zero-order chi connectivity index (χ0) is 13.4. The number of fused-ring (bicyclic) bond motifs is 1. The van der Waals surface area contributed by atoms with E-state index in [0.29, 0.717) is 11.1 Å². The van der Waals surface area contributed by atoms with Crippen molar-refractivity contribution >= 4 is 39.2 Å². The van der Waals surface area contributed by atoms with Gasteiger partial charge in [0.25, 0.3) is 5.91 Å². The van der Waals surface area contributed by atoms with Crippen LogP contribution in [0.1, 0.15) is 11.1 Å². The molecule has 0 bridgehead atoms. The normalized spacial score (nSPS) is 15.4. The fourth-order valence-corrected chi connectivity index (χ4v) is 2.46. The molecule has 0 aliphatic carbocycles. The molecule has 1 heterocycles. The highest BCUT2D eigenvalue weighted by Crippen LogP contribution is 2.34. The molecular weight excluding hydrogens is 306 g/mol. The lowest BCUT2D eigenvalue weighted by molar-refractivity contribution is -0.110. The lowest BCUT2D eigenvalue weighted by atomic mass is 10.0. The summed E-state index contributed by atoms with van der Waals surface area (Å²) in [5, 5.41) is 12.6. The summed E-state index contributed by atoms with van der Waals surface area (Å²) >= 11 is 3.35. The van der Waals surface area contributed by atoms with E-state index >= 15 is 0 Å². The minimum atomic E-state index is -0.152. The van der Waals surface area contributed by atoms with Gasteiger partial charge in [0, 0.05) is 26.9 Å². The second kappa shape index (κ2) is 4.55. The van der Waals surface area contributed by atoms with Crippen LogP contribution in [0, 0.1) is 0 Å². The van der Waals surface area contributed by atoms with Crippen LogP contribution in [0.3, 0.4) is 0 Å². The smallest absolute Gasteiger partial charge is 0.256 e. The van der Waals surface area contributed by atoms with Crippen molar-refractivity contribution in [2.45, 2.75) is 0 Å². The van der Waals surface area contributed by atoms with Gasteiger partial charge in [-0.25, -0.2) is 0 Å². The Balaban J connectivity index is 2.14. The number of halogens is 1. The van der Waals surface area contributed by atoms with Gasteiger partial charge in [0.2, 0.25) is 0 Å². The van der Waals surface area contributed by atoms with Gasteiger partial charge in [0.05, 0.1) is 0 Å². The quantitative estimate of drug-likeness (QED) is 0.789. The molecule has 0 radical (unpaired) electrons. The first-order valence-electron chi connectivity index (χ1n) is 5.76. The molecule has 0 atom stereocenters. The van der Waals surface area contributed by atoms with Crippen LogP contribution in [0.5, 0.6) is 5.75 Å². The molecule has 0 spiro atoms. The Bertz CT molecular complexity index is 707. The number of hydrogen-bond donors (Lipinski definition) is 2. The van der Waals surface area contributed by atoms with Crippen LogP contribution >= 0.6 is 15.9 Å². The molecule has 1 amide bonds. The average Bonchev–Trinajstić information content (AvgIpc) is 2.71. The number of nitrogens with one attached hydrogen (secondary N) is 1. The number of phenols is 1. The predicted octanol–water partition coefficient (Wildman–Crippen LogP) is 3.65. The zero-order valence-electron chi connectivity index (χ0n) is 9.85. The van der Waals surface area contributed by atoms with Crippen molar-refractivity contribution in [2.24, 2.45) is 0 Å². The Kier molecular flexibility index (Phi) is 2.87. The minimum absolute atomic E-state index is 0.146. The van der Waals surface area contributed by atoms with E-state index < -0.39 is 0 Å². The van der Waals surface area contributed by atoms with Gasteiger partial charge < -0.3 is 10.4 Å². The molecule has 3 nitrogen and oxygen atoms in total. The van der Waals surface area contributed by atoms with Crippen LogP contribution in [0.15, 0.2) is 46.9 Å². The molecule has 0 unspecified atom stereocenters. The van der Waals surface area contributed by atoms with Crippen molar-refractivity contribution in [3.8, 4) is 5.75 Å². The first-order chi connectivity index (χ1) is 9.15. The van der Waals surface area contributed by atoms with Gasteiger partial charge in [0.1, 0.15) is 5.75 Å². The third kappa shape index (κ3) is 2.15. The first kappa shape index (κ1) is 12.0. The monoisotopic (exact) mass is 315 g/mol. The van der Waals surface area contributed by atoms with Gasteiger partial charge in [-0.2, -0.15) is 0 Å². The van der Waals surface area contributed by atoms with E-state index in [0.717, 1.165) is 15.7 Å². The van der Waals surface area contributed by atoms with E-state index in [9.17, 15) is 9.90 Å². The Hall–Kier alpha value is -2.07. The fraction of sp³-hybridized carbons (Fsp3) is 0. The van der Waals surface area contributed by atoms with Crippen LogP contribution in [-0.4, -0.2) is 11.0 Å². The zero-order valence-corrected chi connectivity index (χ0v) is 11.4. The molecule has 19 heavy (non-hydrogen) atoms. The number of benzene rings is 2. The lowest BCUT2D eigenvalue weighted by Crippen LogP contribution is -2.03. The molecule has 2 aromatic rings. The number of anilines is 1. The van der Waals surface area contributed by atoms with Gasteiger partial charge in [-0.3, -0.25) is 4.79 Å². The van der Waals surface area contributed by atoms with Crippen LogP contribution in [0.25, 0.3) is 11.6 Å². The van der Waals surface area contributed by atoms with Crippen molar-refractivity contribution < 1.29 is 9.90 Å². The molecule has 1 aliphatic heterocycles. The minimum Gasteiger partial charge on any atom is -0.507 e. The Morgan fingerprint density at radius 1 is 1.16 bits per heavy atom. The third-order valence-corrected chi connectivity index (χ3v) is 3.49. The number of amides is 1. The molecule has 0 saturated carbocycles. The molecule has 0 saturated heterocycles. The molecule has 4 heteroatoms. The number of aromatic hydroxyl groups is 1. The van der Waals surface area contributed by atoms with Crippen molar-refractivity contribution in [1.29, 1.82) is 0 Å². The molecule has 0 aromatic heterocycles. The van der Waals surface area contributed by atoms with Gasteiger partial charge in [-0.15, -0.1) is 0 Å². The summed E-state index contributed by atoms with van der Waals surface area (Å²) in [7, 11) is 0. The van der Waals surface area contributed by atoms with Crippen LogP contribution in [-0.2, 0) is 4.79 Å². The van der Waals surface area contributed by atoms with Gasteiger partial charge in [-0.05, 0) is 30.3 Å². The molecule has 3 rings (SSSR count). The van der Waals surface area contributed by atoms with Gasteiger partial charge >= 0.3 is 0 Å². The fourth-order valence-electron chi connectivity index (χ4n) is 2.08. The van der Waals surface area contributed by atoms with Crippen LogP contribution in [0.4, 0.5) is 5.69 Å². The Morgan fingerprint density at radius 3 is 2.79 bits per heavy atom. The average molecular weight is 316 g/mol. The van der Waals surface area contributed by atoms with E-state index in [4.69, 9.17) is 0 Å². The molecule has 2 aromatic carbocycles. The number of hydrogen-bond acceptors (Lipinski definition) is 2. The lowest BCUT2D eigenvalue weighted by Gasteiger charge is -2.02. The number of para-hydroxylation sites is 1. The van der Waals surface area contributed by atoms with Crippen molar-refractivity contribution in [1.82, 2.24) is 0 Å². The van der Waals surface area contributed by atoms with Crippen molar-refractivity contribution in [3.63, 3.8) is 0 Å². The summed E-state index contributed by atoms with van der Waals surface area (Å²) < 4.78 is 0.851. The van der Waals surface area contributed by atoms with E-state index in [1.165, 1.54) is 0 Å². The summed E-state index contributed by atoms with van der Waals surface area (Å²) in [5.74, 6) is -0.00606. The summed E-state index contributed by atoms with van der Waals surface area (Å²) in [4.78, 5) is 12.0. The molecule has 0 fully saturated rings. The summed E-state index contributed by atoms with van der Waals surface area (Å²) in [6.45, 7) is 0. The summed E-state index contributed by atoms with van der Waals surface area (Å²) in [6.07, 6.45) is 1.70. The number of carbonyl (C=O) groups excluding carboxylic acids is 1. The number of rotatable bonds is 1. The molecule has 1 aliphatic rings. The number of phenolic OH excluding ortho intramolecular Hbond substituents is 1. The highest BCUT2D eigenvalue weighted by Gasteiger charge is 2.23. The van der Waals surface area contributed by atoms with E-state index in [-0.39, 0.29) is 11.7 Å². The largest absolute Gasteiger partial charge is 0.507 e. The summed E-state index contributed by atoms with van der Waals surface area (Å²) in [6, 6.07) is 12.6. The number of carbonyl (C=O) groups is 1. The van der Waals surface area contributed by atoms with E-state index in [1.54, 1.807) is 24.3 Å². The molecular formula is C15H10BrNO2. The highest BCUT2D eigenvalue weighted by molar-refractivity contribution is 9.10. The standard InChI is InChI=1S/C15H10BrNO2/c16-10-5-6-14(18)9(7-10)8-12-11-3-1-2-4-13(11)17-15(12)19/h1-8,18H,(H,17,19)/b12-8+. The van der Waals surface area contributed by atoms with Crippen molar-refractivity contribution in [2.75, 3.05) is 5.32 Å². The maximum Gasteiger partial charge on any atom is 0.256 e. The predicted molar refractivity (Wildman–Crippen MR) is 78.7 cm³/mol. The van der Waals surface area contributed by atoms with E-state index in [1.807, 2.05) is 24.3 Å². The van der Waals surface area contributed by atoms with Crippen LogP contribution in [0.2, 0.25) is 0 Å². The van der Waals surface area contributed by atoms with Crippen molar-refractivity contribution in [3.05, 3.63) is 58.1 Å². The highest BCUT2D eigenvalue weighted by atomic mass is 79.9. The maximum absolute atomic E-state index is 12.0.